The Morgan fingerprint density at radius 1 is 0.429 bits per heavy atom. The minimum absolute atomic E-state index is 0.0194. The van der Waals surface area contributed by atoms with Crippen LogP contribution in [0.2, 0.25) is 0 Å². The number of hydrogen-bond acceptors (Lipinski definition) is 8. The summed E-state index contributed by atoms with van der Waals surface area (Å²) in [5, 5.41) is 83.0. The Bertz CT molecular complexity index is 1480. The Kier molecular flexibility index (Phi) is 2.71. The van der Waals surface area contributed by atoms with Gasteiger partial charge in [-0.1, -0.05) is 18.2 Å². The first-order valence-electron chi connectivity index (χ1n) is 8.11. The normalized spacial score (nSPS) is 12.0. The Balaban J connectivity index is 2.38. The van der Waals surface area contributed by atoms with E-state index in [1.807, 2.05) is 0 Å². The summed E-state index contributed by atoms with van der Waals surface area (Å²) in [5.74, 6) is -6.37. The smallest absolute Gasteiger partial charge is 0.201 e. The summed E-state index contributed by atoms with van der Waals surface area (Å²) in [6, 6.07) is 6.09. The summed E-state index contributed by atoms with van der Waals surface area (Å²) in [6.07, 6.45) is 0. The molecular formula is C20H12O8. The molecule has 0 aromatic heterocycles. The molecule has 5 rings (SSSR count). The molecule has 8 nitrogen and oxygen atoms in total. The number of benzene rings is 5. The quantitative estimate of drug-likeness (QED) is 0.115. The first kappa shape index (κ1) is 16.0. The zero-order chi connectivity index (χ0) is 20.1. The zero-order valence-corrected chi connectivity index (χ0v) is 13.9. The first-order valence-corrected chi connectivity index (χ1v) is 8.11. The van der Waals surface area contributed by atoms with Crippen LogP contribution in [0.1, 0.15) is 0 Å². The summed E-state index contributed by atoms with van der Waals surface area (Å²) in [5.41, 5.74) is 0. The van der Waals surface area contributed by atoms with Crippen LogP contribution in [0.5, 0.6) is 46.0 Å². The Morgan fingerprint density at radius 2 is 0.964 bits per heavy atom. The second-order valence-electron chi connectivity index (χ2n) is 6.61. The highest BCUT2D eigenvalue weighted by Gasteiger charge is 2.30. The average molecular weight is 380 g/mol. The van der Waals surface area contributed by atoms with Gasteiger partial charge in [0.1, 0.15) is 0 Å². The van der Waals surface area contributed by atoms with Gasteiger partial charge in [-0.15, -0.1) is 0 Å². The second kappa shape index (κ2) is 4.74. The molecule has 0 bridgehead atoms. The third-order valence-corrected chi connectivity index (χ3v) is 5.23. The standard InChI is InChI=1S/C20H12O8/c21-7-4-5-2-1-3-6-8(5)11(14(7)22)12-10-9(6)15(23)19(27)17(25)13(10)18(26)20(28)16(12)24/h1-4,21-28H. The predicted octanol–water partition coefficient (Wildman–Crippen LogP) is 3.38. The van der Waals surface area contributed by atoms with Crippen molar-refractivity contribution >= 4 is 43.1 Å². The van der Waals surface area contributed by atoms with Crippen LogP contribution in [0.4, 0.5) is 0 Å². The molecule has 5 aromatic carbocycles. The molecule has 0 radical (unpaired) electrons. The van der Waals surface area contributed by atoms with Crippen molar-refractivity contribution < 1.29 is 40.9 Å². The Labute approximate surface area is 154 Å². The maximum Gasteiger partial charge on any atom is 0.201 e. The molecule has 0 atom stereocenters. The van der Waals surface area contributed by atoms with E-state index in [9.17, 15) is 40.9 Å². The Morgan fingerprint density at radius 3 is 1.61 bits per heavy atom. The molecule has 8 heteroatoms. The highest BCUT2D eigenvalue weighted by atomic mass is 16.3. The van der Waals surface area contributed by atoms with Crippen LogP contribution < -0.4 is 0 Å². The van der Waals surface area contributed by atoms with Gasteiger partial charge in [0.05, 0.1) is 5.39 Å². The third-order valence-electron chi connectivity index (χ3n) is 5.23. The van der Waals surface area contributed by atoms with Crippen molar-refractivity contribution in [2.24, 2.45) is 0 Å². The molecule has 0 amide bonds. The fraction of sp³-hybridized carbons (Fsp3) is 0. The highest BCUT2D eigenvalue weighted by molar-refractivity contribution is 6.38. The minimum Gasteiger partial charge on any atom is -0.504 e. The van der Waals surface area contributed by atoms with Crippen molar-refractivity contribution in [2.45, 2.75) is 0 Å². The van der Waals surface area contributed by atoms with Crippen molar-refractivity contribution in [1.29, 1.82) is 0 Å². The molecule has 0 heterocycles. The largest absolute Gasteiger partial charge is 0.504 e. The number of aromatic hydroxyl groups is 8. The number of phenols is 8. The van der Waals surface area contributed by atoms with Crippen molar-refractivity contribution in [1.82, 2.24) is 0 Å². The summed E-state index contributed by atoms with van der Waals surface area (Å²) in [6.45, 7) is 0. The van der Waals surface area contributed by atoms with Gasteiger partial charge in [-0.05, 0) is 16.8 Å². The van der Waals surface area contributed by atoms with E-state index < -0.39 is 51.4 Å². The van der Waals surface area contributed by atoms with E-state index in [0.29, 0.717) is 16.2 Å². The number of phenolic OH excluding ortho intramolecular Hbond substituents is 8. The van der Waals surface area contributed by atoms with Gasteiger partial charge in [-0.25, -0.2) is 0 Å². The van der Waals surface area contributed by atoms with E-state index in [4.69, 9.17) is 0 Å². The lowest BCUT2D eigenvalue weighted by atomic mass is 9.87. The van der Waals surface area contributed by atoms with Gasteiger partial charge < -0.3 is 40.9 Å². The predicted molar refractivity (Wildman–Crippen MR) is 101 cm³/mol. The summed E-state index contributed by atoms with van der Waals surface area (Å²) >= 11 is 0. The highest BCUT2D eigenvalue weighted by Crippen LogP contribution is 2.60. The molecule has 0 fully saturated rings. The summed E-state index contributed by atoms with van der Waals surface area (Å²) in [7, 11) is 0. The van der Waals surface area contributed by atoms with Crippen LogP contribution >= 0.6 is 0 Å². The van der Waals surface area contributed by atoms with Gasteiger partial charge in [0, 0.05) is 26.9 Å². The van der Waals surface area contributed by atoms with Gasteiger partial charge in [0.25, 0.3) is 0 Å². The Hall–Kier alpha value is -4.20. The number of hydrogen-bond donors (Lipinski definition) is 8. The van der Waals surface area contributed by atoms with Crippen LogP contribution in [0.15, 0.2) is 24.3 Å². The molecule has 5 aromatic rings. The van der Waals surface area contributed by atoms with Crippen LogP contribution in [-0.2, 0) is 0 Å². The summed E-state index contributed by atoms with van der Waals surface area (Å²) in [4.78, 5) is 0. The first-order chi connectivity index (χ1) is 13.3. The number of fused-ring (bicyclic) bond motifs is 2. The second-order valence-corrected chi connectivity index (χ2v) is 6.61. The topological polar surface area (TPSA) is 162 Å². The van der Waals surface area contributed by atoms with Crippen LogP contribution in [0.25, 0.3) is 43.1 Å². The molecule has 140 valence electrons. The minimum atomic E-state index is -0.996. The van der Waals surface area contributed by atoms with E-state index in [-0.39, 0.29) is 21.5 Å². The average Bonchev–Trinajstić information content (AvgIpc) is 2.67. The van der Waals surface area contributed by atoms with Gasteiger partial charge in [-0.3, -0.25) is 0 Å². The molecular weight excluding hydrogens is 368 g/mol. The van der Waals surface area contributed by atoms with Crippen LogP contribution in [0, 0.1) is 0 Å². The van der Waals surface area contributed by atoms with E-state index in [2.05, 4.69) is 0 Å². The molecule has 0 aliphatic heterocycles. The van der Waals surface area contributed by atoms with Gasteiger partial charge in [-0.2, -0.15) is 0 Å². The van der Waals surface area contributed by atoms with E-state index in [1.54, 1.807) is 18.2 Å². The maximum atomic E-state index is 10.5. The van der Waals surface area contributed by atoms with Crippen molar-refractivity contribution in [2.75, 3.05) is 0 Å². The molecule has 0 aliphatic carbocycles. The monoisotopic (exact) mass is 380 g/mol. The lowest BCUT2D eigenvalue weighted by molar-refractivity contribution is 0.365. The SMILES string of the molecule is Oc1cc2cccc3c4c(O)c(O)c(O)c5c(O)c(O)c(O)c(c(c1O)c23)c54. The van der Waals surface area contributed by atoms with Crippen molar-refractivity contribution in [3.05, 3.63) is 24.3 Å². The molecule has 28 heavy (non-hydrogen) atoms. The van der Waals surface area contributed by atoms with E-state index in [1.165, 1.54) is 6.07 Å². The lowest BCUT2D eigenvalue weighted by Crippen LogP contribution is -1.91. The van der Waals surface area contributed by atoms with Crippen molar-refractivity contribution in [3.63, 3.8) is 0 Å². The molecule has 0 saturated heterocycles. The number of rotatable bonds is 0. The molecule has 0 saturated carbocycles. The van der Waals surface area contributed by atoms with Gasteiger partial charge in [0.15, 0.2) is 34.5 Å². The maximum absolute atomic E-state index is 10.5. The summed E-state index contributed by atoms with van der Waals surface area (Å²) < 4.78 is 0. The lowest BCUT2D eigenvalue weighted by Gasteiger charge is -2.20. The van der Waals surface area contributed by atoms with Crippen LogP contribution in [-0.4, -0.2) is 40.9 Å². The molecule has 8 N–H and O–H groups in total. The molecule has 0 aliphatic rings. The third kappa shape index (κ3) is 1.56. The zero-order valence-electron chi connectivity index (χ0n) is 13.9. The van der Waals surface area contributed by atoms with Gasteiger partial charge >= 0.3 is 0 Å². The molecule has 0 spiro atoms. The fourth-order valence-electron chi connectivity index (χ4n) is 4.05. The van der Waals surface area contributed by atoms with E-state index >= 15 is 0 Å². The van der Waals surface area contributed by atoms with Gasteiger partial charge in [0.2, 0.25) is 11.5 Å². The van der Waals surface area contributed by atoms with E-state index in [0.717, 1.165) is 0 Å². The fourth-order valence-corrected chi connectivity index (χ4v) is 4.05. The molecule has 0 unspecified atom stereocenters. The van der Waals surface area contributed by atoms with Crippen molar-refractivity contribution in [3.8, 4) is 46.0 Å². The van der Waals surface area contributed by atoms with Crippen LogP contribution in [0.3, 0.4) is 0 Å².